The largest absolute Gasteiger partial charge is 1.00 e. The summed E-state index contributed by atoms with van der Waals surface area (Å²) in [7, 11) is -8.67. The second-order valence-electron chi connectivity index (χ2n) is 3.89. The first-order valence-corrected chi connectivity index (χ1v) is 6.46. The third-order valence-electron chi connectivity index (χ3n) is 1.44. The molecular formula is C8H15B4F6NaO12. The molecule has 0 aliphatic heterocycles. The van der Waals surface area contributed by atoms with E-state index in [0.29, 0.717) is 12.1 Å². The summed E-state index contributed by atoms with van der Waals surface area (Å²) in [4.78, 5) is 0. The van der Waals surface area contributed by atoms with Crippen LogP contribution in [0.4, 0.5) is 26.3 Å². The molecule has 0 aromatic heterocycles. The van der Waals surface area contributed by atoms with Crippen LogP contribution in [0, 0.1) is 6.07 Å². The van der Waals surface area contributed by atoms with Crippen molar-refractivity contribution in [3.8, 4) is 0 Å². The fourth-order valence-corrected chi connectivity index (χ4v) is 0.799. The quantitative estimate of drug-likeness (QED) is 0.0935. The van der Waals surface area contributed by atoms with Gasteiger partial charge in [-0.25, -0.2) is 0 Å². The maximum Gasteiger partial charge on any atom is 1.00 e. The van der Waals surface area contributed by atoms with Crippen LogP contribution in [0.25, 0.3) is 0 Å². The monoisotopic (exact) mass is 484 g/mol. The van der Waals surface area contributed by atoms with Gasteiger partial charge in [-0.2, -0.15) is 44.5 Å². The van der Waals surface area contributed by atoms with E-state index in [1.807, 2.05) is 0 Å². The van der Waals surface area contributed by atoms with Gasteiger partial charge in [0.15, 0.2) is 0 Å². The van der Waals surface area contributed by atoms with Crippen LogP contribution >= 0.6 is 0 Å². The van der Waals surface area contributed by atoms with Crippen molar-refractivity contribution in [1.29, 1.82) is 0 Å². The zero-order chi connectivity index (χ0) is 25.3. The predicted molar refractivity (Wildman–Crippen MR) is 84.9 cm³/mol. The Morgan fingerprint density at radius 1 is 0.516 bits per heavy atom. The Morgan fingerprint density at radius 3 is 0.806 bits per heavy atom. The fourth-order valence-electron chi connectivity index (χ4n) is 0.799. The summed E-state index contributed by atoms with van der Waals surface area (Å²) in [5.41, 5.74) is -2.71. The van der Waals surface area contributed by atoms with E-state index < -0.39 is 52.8 Å². The molecule has 0 fully saturated rings. The summed E-state index contributed by atoms with van der Waals surface area (Å²) >= 11 is 0. The van der Waals surface area contributed by atoms with E-state index in [1.165, 1.54) is 0 Å². The number of rotatable bonds is 0. The van der Waals surface area contributed by atoms with Gasteiger partial charge in [0, 0.05) is 0 Å². The molecule has 1 aromatic rings. The SMILES string of the molecule is FC(F)(F)c1c[c-]cc(C(F)(F)F)c1.OB(O)O.OB(O)O.OB(O)O.OB(O)O.[Na+]. The Labute approximate surface area is 193 Å². The van der Waals surface area contributed by atoms with Crippen LogP contribution < -0.4 is 29.6 Å². The Balaban J connectivity index is -0.000000110. The molecular weight excluding hydrogens is 468 g/mol. The van der Waals surface area contributed by atoms with Crippen LogP contribution in [0.3, 0.4) is 0 Å². The van der Waals surface area contributed by atoms with Crippen LogP contribution in [0.15, 0.2) is 18.2 Å². The van der Waals surface area contributed by atoms with E-state index in [0.717, 1.165) is 0 Å². The van der Waals surface area contributed by atoms with Gasteiger partial charge >= 0.3 is 71.2 Å². The van der Waals surface area contributed by atoms with Gasteiger partial charge in [0.25, 0.3) is 0 Å². The second kappa shape index (κ2) is 21.4. The van der Waals surface area contributed by atoms with E-state index in [1.54, 1.807) is 6.07 Å². The molecule has 31 heavy (non-hydrogen) atoms. The van der Waals surface area contributed by atoms with Crippen molar-refractivity contribution < 1.29 is 116 Å². The zero-order valence-corrected chi connectivity index (χ0v) is 17.2. The Morgan fingerprint density at radius 2 is 0.677 bits per heavy atom. The van der Waals surface area contributed by atoms with Crippen molar-refractivity contribution in [2.75, 3.05) is 0 Å². The fraction of sp³-hybridized carbons (Fsp3) is 0.250. The maximum absolute atomic E-state index is 12.0. The van der Waals surface area contributed by atoms with Gasteiger partial charge in [0.2, 0.25) is 0 Å². The van der Waals surface area contributed by atoms with Crippen molar-refractivity contribution in [2.45, 2.75) is 12.4 Å². The molecule has 1 aromatic carbocycles. The maximum atomic E-state index is 12.0. The van der Waals surface area contributed by atoms with Crippen molar-refractivity contribution in [2.24, 2.45) is 0 Å². The Kier molecular flexibility index (Phi) is 28.3. The summed E-state index contributed by atoms with van der Waals surface area (Å²) < 4.78 is 71.8. The second-order valence-corrected chi connectivity index (χ2v) is 3.89. The topological polar surface area (TPSA) is 243 Å². The third-order valence-corrected chi connectivity index (χ3v) is 1.44. The molecule has 174 valence electrons. The van der Waals surface area contributed by atoms with Crippen molar-refractivity contribution in [3.05, 3.63) is 35.4 Å². The normalized spacial score (nSPS) is 9.35. The molecule has 0 saturated carbocycles. The number of alkyl halides is 6. The first-order chi connectivity index (χ1) is 13.1. The molecule has 0 saturated heterocycles. The molecule has 12 nitrogen and oxygen atoms in total. The standard InChI is InChI=1S/C8H3F6.4BH3O3.Na/c9-7(10,11)5-2-1-3-6(4-5)8(12,13)14;4*2-1(3)4;/h2-4H;4*2-4H;/q-1;;;;;+1. The molecule has 0 aliphatic carbocycles. The predicted octanol–water partition coefficient (Wildman–Crippen LogP) is -7.68. The zero-order valence-electron chi connectivity index (χ0n) is 15.2. The average Bonchev–Trinajstić information content (AvgIpc) is 2.43. The number of benzene rings is 1. The van der Waals surface area contributed by atoms with Crippen molar-refractivity contribution in [1.82, 2.24) is 0 Å². The first-order valence-electron chi connectivity index (χ1n) is 6.46. The average molecular weight is 483 g/mol. The molecule has 1 rings (SSSR count). The molecule has 0 amide bonds. The van der Waals surface area contributed by atoms with E-state index in [4.69, 9.17) is 60.3 Å². The number of hydrogen-bond donors (Lipinski definition) is 12. The van der Waals surface area contributed by atoms with Gasteiger partial charge < -0.3 is 60.3 Å². The van der Waals surface area contributed by atoms with Gasteiger partial charge in [-0.3, -0.25) is 0 Å². The molecule has 12 N–H and O–H groups in total. The summed E-state index contributed by atoms with van der Waals surface area (Å²) in [5.74, 6) is 0. The van der Waals surface area contributed by atoms with Gasteiger partial charge in [-0.1, -0.05) is 11.1 Å². The Hall–Kier alpha value is -0.420. The summed E-state index contributed by atoms with van der Waals surface area (Å²) in [6.45, 7) is 0. The van der Waals surface area contributed by atoms with E-state index in [9.17, 15) is 26.3 Å². The summed E-state index contributed by atoms with van der Waals surface area (Å²) in [5, 5.41) is 86.0. The van der Waals surface area contributed by atoms with E-state index >= 15 is 0 Å². The minimum atomic E-state index is -4.78. The molecule has 0 atom stereocenters. The molecule has 0 unspecified atom stereocenters. The molecule has 0 heterocycles. The molecule has 0 aliphatic rings. The van der Waals surface area contributed by atoms with Gasteiger partial charge in [-0.15, -0.1) is 6.07 Å². The summed E-state index contributed by atoms with van der Waals surface area (Å²) in [6.07, 6.45) is -9.56. The number of halogens is 6. The molecule has 0 bridgehead atoms. The number of hydrogen-bond acceptors (Lipinski definition) is 12. The minimum Gasteiger partial charge on any atom is -0.402 e. The van der Waals surface area contributed by atoms with Crippen LogP contribution in [-0.4, -0.2) is 89.6 Å². The van der Waals surface area contributed by atoms with E-state index in [-0.39, 0.29) is 35.6 Å². The third kappa shape index (κ3) is 48.3. The van der Waals surface area contributed by atoms with Crippen molar-refractivity contribution >= 4 is 29.3 Å². The van der Waals surface area contributed by atoms with Crippen LogP contribution in [0.5, 0.6) is 0 Å². The van der Waals surface area contributed by atoms with E-state index in [2.05, 4.69) is 0 Å². The van der Waals surface area contributed by atoms with Crippen LogP contribution in [0.1, 0.15) is 11.1 Å². The summed E-state index contributed by atoms with van der Waals surface area (Å²) in [6, 6.07) is 2.79. The smallest absolute Gasteiger partial charge is 0.402 e. The molecule has 0 radical (unpaired) electrons. The van der Waals surface area contributed by atoms with Gasteiger partial charge in [0.05, 0.1) is 0 Å². The van der Waals surface area contributed by atoms with Crippen LogP contribution in [0.2, 0.25) is 0 Å². The van der Waals surface area contributed by atoms with Crippen LogP contribution in [-0.2, 0) is 12.4 Å². The minimum absolute atomic E-state index is 0. The first kappa shape index (κ1) is 40.9. The van der Waals surface area contributed by atoms with Crippen molar-refractivity contribution in [3.63, 3.8) is 0 Å². The van der Waals surface area contributed by atoms with Gasteiger partial charge in [0.1, 0.15) is 0 Å². The molecule has 0 spiro atoms. The molecule has 23 heteroatoms. The Bertz CT molecular complexity index is 460. The van der Waals surface area contributed by atoms with Gasteiger partial charge in [-0.05, 0) is 0 Å².